The van der Waals surface area contributed by atoms with Crippen LogP contribution in [0.1, 0.15) is 13.3 Å². The molecule has 3 N–H and O–H groups in total. The molecule has 21 heavy (non-hydrogen) atoms. The zero-order valence-electron chi connectivity index (χ0n) is 12.0. The smallest absolute Gasteiger partial charge is 0.243 e. The number of hydrogen-bond donors (Lipinski definition) is 2. The van der Waals surface area contributed by atoms with Crippen LogP contribution in [0.5, 0.6) is 0 Å². The molecule has 0 spiro atoms. The Balaban J connectivity index is 2.63. The zero-order valence-corrected chi connectivity index (χ0v) is 14.4. The Kier molecular flexibility index (Phi) is 6.79. The Hall–Kier alpha value is -0.960. The van der Waals surface area contributed by atoms with E-state index in [9.17, 15) is 13.2 Å². The third-order valence-corrected chi connectivity index (χ3v) is 5.16. The Labute approximate surface area is 133 Å². The molecule has 118 valence electrons. The molecule has 0 saturated heterocycles. The van der Waals surface area contributed by atoms with E-state index < -0.39 is 10.0 Å². The van der Waals surface area contributed by atoms with Crippen molar-refractivity contribution in [1.82, 2.24) is 9.62 Å². The monoisotopic (exact) mass is 377 g/mol. The maximum absolute atomic E-state index is 12.3. The predicted molar refractivity (Wildman–Crippen MR) is 85.2 cm³/mol. The van der Waals surface area contributed by atoms with E-state index in [1.165, 1.54) is 19.2 Å². The molecular weight excluding hydrogens is 358 g/mol. The second-order valence-electron chi connectivity index (χ2n) is 4.83. The molecule has 1 aromatic rings. The first-order valence-electron chi connectivity index (χ1n) is 6.47. The molecular formula is C13H20BrN3O3S. The van der Waals surface area contributed by atoms with Gasteiger partial charge in [-0.15, -0.1) is 0 Å². The third kappa shape index (κ3) is 5.74. The minimum absolute atomic E-state index is 0.00507. The highest BCUT2D eigenvalue weighted by atomic mass is 79.9. The molecule has 0 aliphatic rings. The standard InChI is InChI=1S/C13H20BrN3O3S/c1-10(15)7-8-16-13(18)9-17(2)21(19,20)12-5-3-11(14)4-6-12/h3-6,10H,7-9,15H2,1-2H3,(H,16,18). The van der Waals surface area contributed by atoms with Crippen molar-refractivity contribution in [2.24, 2.45) is 5.73 Å². The summed E-state index contributed by atoms with van der Waals surface area (Å²) in [7, 11) is -2.29. The Morgan fingerprint density at radius 3 is 2.48 bits per heavy atom. The van der Waals surface area contributed by atoms with Crippen LogP contribution in [0.15, 0.2) is 33.6 Å². The van der Waals surface area contributed by atoms with Crippen LogP contribution < -0.4 is 11.1 Å². The van der Waals surface area contributed by atoms with E-state index in [2.05, 4.69) is 21.2 Å². The Bertz CT molecular complexity index is 573. The van der Waals surface area contributed by atoms with Gasteiger partial charge >= 0.3 is 0 Å². The van der Waals surface area contributed by atoms with E-state index in [4.69, 9.17) is 5.73 Å². The number of hydrogen-bond acceptors (Lipinski definition) is 4. The van der Waals surface area contributed by atoms with E-state index >= 15 is 0 Å². The molecule has 0 fully saturated rings. The summed E-state index contributed by atoms with van der Waals surface area (Å²) in [6, 6.07) is 6.26. The van der Waals surface area contributed by atoms with Crippen molar-refractivity contribution < 1.29 is 13.2 Å². The average Bonchev–Trinajstić information content (AvgIpc) is 2.38. The normalized spacial score (nSPS) is 13.2. The fourth-order valence-electron chi connectivity index (χ4n) is 1.57. The lowest BCUT2D eigenvalue weighted by atomic mass is 10.2. The van der Waals surface area contributed by atoms with Crippen LogP contribution in [0.25, 0.3) is 0 Å². The molecule has 1 rings (SSSR count). The van der Waals surface area contributed by atoms with Crippen molar-refractivity contribution >= 4 is 31.9 Å². The summed E-state index contributed by atoms with van der Waals surface area (Å²) in [6.07, 6.45) is 0.648. The van der Waals surface area contributed by atoms with Gasteiger partial charge in [0.05, 0.1) is 11.4 Å². The molecule has 8 heteroatoms. The topological polar surface area (TPSA) is 92.5 Å². The highest BCUT2D eigenvalue weighted by Gasteiger charge is 2.22. The SMILES string of the molecule is CC(N)CCNC(=O)CN(C)S(=O)(=O)c1ccc(Br)cc1. The molecule has 1 aromatic carbocycles. The first-order chi connectivity index (χ1) is 9.73. The lowest BCUT2D eigenvalue weighted by molar-refractivity contribution is -0.121. The number of carbonyl (C=O) groups is 1. The molecule has 0 bridgehead atoms. The fraction of sp³-hybridized carbons (Fsp3) is 0.462. The van der Waals surface area contributed by atoms with E-state index in [-0.39, 0.29) is 23.4 Å². The van der Waals surface area contributed by atoms with Gasteiger partial charge in [0.15, 0.2) is 0 Å². The van der Waals surface area contributed by atoms with Crippen LogP contribution in [0.3, 0.4) is 0 Å². The van der Waals surface area contributed by atoms with E-state index in [0.29, 0.717) is 13.0 Å². The summed E-state index contributed by atoms with van der Waals surface area (Å²) in [4.78, 5) is 11.9. The first-order valence-corrected chi connectivity index (χ1v) is 8.71. The highest BCUT2D eigenvalue weighted by Crippen LogP contribution is 2.17. The van der Waals surface area contributed by atoms with Crippen molar-refractivity contribution in [2.45, 2.75) is 24.3 Å². The number of amides is 1. The van der Waals surface area contributed by atoms with Crippen LogP contribution in [0.2, 0.25) is 0 Å². The number of likely N-dealkylation sites (N-methyl/N-ethyl adjacent to an activating group) is 1. The Morgan fingerprint density at radius 2 is 1.95 bits per heavy atom. The van der Waals surface area contributed by atoms with Crippen LogP contribution in [-0.4, -0.2) is 44.8 Å². The largest absolute Gasteiger partial charge is 0.355 e. The van der Waals surface area contributed by atoms with Gasteiger partial charge in [-0.2, -0.15) is 4.31 Å². The average molecular weight is 378 g/mol. The van der Waals surface area contributed by atoms with Crippen LogP contribution in [0.4, 0.5) is 0 Å². The molecule has 0 aliphatic heterocycles. The molecule has 0 heterocycles. The number of nitrogens with one attached hydrogen (secondary N) is 1. The maximum Gasteiger partial charge on any atom is 0.243 e. The van der Waals surface area contributed by atoms with Crippen molar-refractivity contribution in [3.05, 3.63) is 28.7 Å². The van der Waals surface area contributed by atoms with Gasteiger partial charge in [0.2, 0.25) is 15.9 Å². The summed E-state index contributed by atoms with van der Waals surface area (Å²) in [5.41, 5.74) is 5.58. The minimum atomic E-state index is -3.67. The van der Waals surface area contributed by atoms with Gasteiger partial charge in [-0.25, -0.2) is 8.42 Å². The van der Waals surface area contributed by atoms with E-state index in [0.717, 1.165) is 8.78 Å². The number of nitrogens with zero attached hydrogens (tertiary/aromatic N) is 1. The molecule has 0 saturated carbocycles. The number of carbonyl (C=O) groups excluding carboxylic acids is 1. The van der Waals surface area contributed by atoms with Gasteiger partial charge in [0, 0.05) is 24.1 Å². The number of halogens is 1. The fourth-order valence-corrected chi connectivity index (χ4v) is 2.96. The predicted octanol–water partition coefficient (Wildman–Crippen LogP) is 0.923. The summed E-state index contributed by atoms with van der Waals surface area (Å²) in [5, 5.41) is 2.65. The summed E-state index contributed by atoms with van der Waals surface area (Å²) in [6.45, 7) is 2.05. The van der Waals surface area contributed by atoms with Crippen molar-refractivity contribution in [2.75, 3.05) is 20.1 Å². The van der Waals surface area contributed by atoms with Gasteiger partial charge in [-0.1, -0.05) is 15.9 Å². The second-order valence-corrected chi connectivity index (χ2v) is 7.79. The number of sulfonamides is 1. The molecule has 0 aliphatic carbocycles. The van der Waals surface area contributed by atoms with E-state index in [1.807, 2.05) is 6.92 Å². The summed E-state index contributed by atoms with van der Waals surface area (Å²) in [5.74, 6) is -0.348. The van der Waals surface area contributed by atoms with Crippen LogP contribution in [0, 0.1) is 0 Å². The summed E-state index contributed by atoms with van der Waals surface area (Å²) < 4.78 is 26.4. The molecule has 1 atom stereocenters. The van der Waals surface area contributed by atoms with Crippen LogP contribution in [-0.2, 0) is 14.8 Å². The highest BCUT2D eigenvalue weighted by molar-refractivity contribution is 9.10. The molecule has 0 aromatic heterocycles. The lowest BCUT2D eigenvalue weighted by Crippen LogP contribution is -2.39. The van der Waals surface area contributed by atoms with Crippen molar-refractivity contribution in [1.29, 1.82) is 0 Å². The van der Waals surface area contributed by atoms with Gasteiger partial charge in [0.25, 0.3) is 0 Å². The third-order valence-electron chi connectivity index (χ3n) is 2.81. The summed E-state index contributed by atoms with van der Waals surface area (Å²) >= 11 is 3.25. The Morgan fingerprint density at radius 1 is 1.38 bits per heavy atom. The van der Waals surface area contributed by atoms with Gasteiger partial charge in [0.1, 0.15) is 0 Å². The van der Waals surface area contributed by atoms with Crippen molar-refractivity contribution in [3.63, 3.8) is 0 Å². The van der Waals surface area contributed by atoms with Crippen molar-refractivity contribution in [3.8, 4) is 0 Å². The maximum atomic E-state index is 12.3. The number of benzene rings is 1. The quantitative estimate of drug-likeness (QED) is 0.738. The first kappa shape index (κ1) is 18.1. The number of nitrogens with two attached hydrogens (primary N) is 1. The van der Waals surface area contributed by atoms with Gasteiger partial charge in [-0.05, 0) is 37.6 Å². The van der Waals surface area contributed by atoms with Gasteiger partial charge in [-0.3, -0.25) is 4.79 Å². The minimum Gasteiger partial charge on any atom is -0.355 e. The molecule has 1 amide bonds. The van der Waals surface area contributed by atoms with E-state index in [1.54, 1.807) is 12.1 Å². The lowest BCUT2D eigenvalue weighted by Gasteiger charge is -2.17. The zero-order chi connectivity index (χ0) is 16.0. The second kappa shape index (κ2) is 7.88. The molecule has 1 unspecified atom stereocenters. The van der Waals surface area contributed by atoms with Crippen LogP contribution >= 0.6 is 15.9 Å². The molecule has 0 radical (unpaired) electrons. The van der Waals surface area contributed by atoms with Gasteiger partial charge < -0.3 is 11.1 Å². The molecule has 6 nitrogen and oxygen atoms in total. The number of rotatable bonds is 7.